The normalized spacial score (nSPS) is 12.2. The van der Waals surface area contributed by atoms with E-state index in [-0.39, 0.29) is 45.7 Å². The second-order valence-corrected chi connectivity index (χ2v) is 13.1. The summed E-state index contributed by atoms with van der Waals surface area (Å²) >= 11 is 24.8. The van der Waals surface area contributed by atoms with E-state index in [2.05, 4.69) is 5.32 Å². The van der Waals surface area contributed by atoms with Gasteiger partial charge in [0.05, 0.1) is 27.0 Å². The van der Waals surface area contributed by atoms with Crippen LogP contribution in [0, 0.1) is 0 Å². The number of nitrogens with one attached hydrogen (secondary N) is 1. The van der Waals surface area contributed by atoms with E-state index in [1.807, 2.05) is 44.2 Å². The van der Waals surface area contributed by atoms with Crippen molar-refractivity contribution < 1.29 is 18.0 Å². The summed E-state index contributed by atoms with van der Waals surface area (Å²) < 4.78 is 26.6. The van der Waals surface area contributed by atoms with Gasteiger partial charge in [-0.1, -0.05) is 82.8 Å². The van der Waals surface area contributed by atoms with Crippen LogP contribution < -0.4 is 9.62 Å². The van der Waals surface area contributed by atoms with E-state index in [1.165, 1.54) is 23.1 Å². The van der Waals surface area contributed by atoms with Crippen LogP contribution in [0.4, 0.5) is 5.69 Å². The van der Waals surface area contributed by atoms with Crippen LogP contribution in [0.5, 0.6) is 0 Å². The number of benzene rings is 3. The highest BCUT2D eigenvalue weighted by atomic mass is 35.5. The second kappa shape index (κ2) is 13.9. The molecule has 0 aliphatic carbocycles. The molecule has 12 heteroatoms. The van der Waals surface area contributed by atoms with Crippen LogP contribution in [0.2, 0.25) is 20.1 Å². The van der Waals surface area contributed by atoms with Gasteiger partial charge in [0.15, 0.2) is 0 Å². The molecule has 0 fully saturated rings. The largest absolute Gasteiger partial charge is 0.352 e. The lowest BCUT2D eigenvalue weighted by Crippen LogP contribution is -2.54. The first-order valence-corrected chi connectivity index (χ1v) is 15.6. The van der Waals surface area contributed by atoms with Crippen LogP contribution in [0.25, 0.3) is 0 Å². The Morgan fingerprint density at radius 2 is 1.50 bits per heavy atom. The average Bonchev–Trinajstić information content (AvgIpc) is 2.87. The van der Waals surface area contributed by atoms with Crippen molar-refractivity contribution in [1.82, 2.24) is 10.2 Å². The molecule has 0 unspecified atom stereocenters. The van der Waals surface area contributed by atoms with E-state index in [4.69, 9.17) is 46.4 Å². The highest BCUT2D eigenvalue weighted by Gasteiger charge is 2.33. The van der Waals surface area contributed by atoms with Crippen LogP contribution >= 0.6 is 46.4 Å². The van der Waals surface area contributed by atoms with Gasteiger partial charge in [0, 0.05) is 24.0 Å². The van der Waals surface area contributed by atoms with Crippen molar-refractivity contribution >= 4 is 73.9 Å². The summed E-state index contributed by atoms with van der Waals surface area (Å²) in [5.41, 5.74) is 1.46. The third kappa shape index (κ3) is 8.75. The monoisotopic (exact) mass is 643 g/mol. The van der Waals surface area contributed by atoms with Crippen molar-refractivity contribution in [1.29, 1.82) is 0 Å². The first-order chi connectivity index (χ1) is 18.8. The first-order valence-electron chi connectivity index (χ1n) is 12.3. The average molecular weight is 645 g/mol. The fourth-order valence-corrected chi connectivity index (χ4v) is 5.65. The Morgan fingerprint density at radius 3 is 2.10 bits per heavy atom. The molecule has 3 aromatic carbocycles. The topological polar surface area (TPSA) is 86.8 Å². The van der Waals surface area contributed by atoms with Crippen LogP contribution in [0.1, 0.15) is 25.0 Å². The lowest BCUT2D eigenvalue weighted by atomic mass is 10.0. The quantitative estimate of drug-likeness (QED) is 0.268. The van der Waals surface area contributed by atoms with Crippen molar-refractivity contribution in [2.24, 2.45) is 0 Å². The minimum absolute atomic E-state index is 0.0420. The Labute approximate surface area is 255 Å². The maximum atomic E-state index is 14.1. The summed E-state index contributed by atoms with van der Waals surface area (Å²) in [4.78, 5) is 28.9. The number of sulfonamides is 1. The first kappa shape index (κ1) is 32.0. The van der Waals surface area contributed by atoms with Crippen LogP contribution in [0.3, 0.4) is 0 Å². The third-order valence-electron chi connectivity index (χ3n) is 5.90. The molecule has 7 nitrogen and oxygen atoms in total. The van der Waals surface area contributed by atoms with Crippen molar-refractivity contribution in [3.05, 3.63) is 97.9 Å². The number of nitrogens with zero attached hydrogens (tertiary/aromatic N) is 2. The van der Waals surface area contributed by atoms with Gasteiger partial charge < -0.3 is 10.2 Å². The zero-order chi connectivity index (χ0) is 29.6. The Balaban J connectivity index is 2.10. The number of amides is 2. The lowest BCUT2D eigenvalue weighted by molar-refractivity contribution is -0.140. The van der Waals surface area contributed by atoms with Gasteiger partial charge in [-0.05, 0) is 55.3 Å². The number of carbonyl (C=O) groups is 2. The molecule has 1 atom stereocenters. The van der Waals surface area contributed by atoms with E-state index in [0.29, 0.717) is 10.6 Å². The zero-order valence-corrected chi connectivity index (χ0v) is 25.9. The minimum atomic E-state index is -3.99. The molecule has 0 saturated heterocycles. The fraction of sp³-hybridized carbons (Fsp3) is 0.286. The number of halogens is 4. The van der Waals surface area contributed by atoms with E-state index in [9.17, 15) is 18.0 Å². The highest BCUT2D eigenvalue weighted by Crippen LogP contribution is 2.31. The summed E-state index contributed by atoms with van der Waals surface area (Å²) in [6.45, 7) is 2.96. The molecule has 0 saturated carbocycles. The van der Waals surface area contributed by atoms with E-state index in [1.54, 1.807) is 18.2 Å². The lowest BCUT2D eigenvalue weighted by Gasteiger charge is -2.34. The number of rotatable bonds is 11. The predicted octanol–water partition coefficient (Wildman–Crippen LogP) is 6.23. The molecule has 3 aromatic rings. The summed E-state index contributed by atoms with van der Waals surface area (Å²) in [5, 5.41) is 3.84. The van der Waals surface area contributed by atoms with Crippen molar-refractivity contribution in [2.75, 3.05) is 17.1 Å². The number of carbonyl (C=O) groups excluding carboxylic acids is 2. The van der Waals surface area contributed by atoms with Crippen LogP contribution in [-0.2, 0) is 32.6 Å². The summed E-state index contributed by atoms with van der Waals surface area (Å²) in [5.74, 6) is -1.02. The smallest absolute Gasteiger partial charge is 0.244 e. The molecule has 0 aliphatic heterocycles. The van der Waals surface area contributed by atoms with E-state index >= 15 is 0 Å². The Bertz CT molecular complexity index is 1470. The summed E-state index contributed by atoms with van der Waals surface area (Å²) in [6.07, 6.45) is 1.15. The Hall–Kier alpha value is -2.49. The number of hydrogen-bond donors (Lipinski definition) is 1. The molecule has 2 amide bonds. The Kier molecular flexibility index (Phi) is 11.1. The molecule has 0 spiro atoms. The number of hydrogen-bond acceptors (Lipinski definition) is 4. The molecular formula is C28H29Cl4N3O4S. The standard InChI is InChI=1S/C28H29Cl4N3O4S/c1-18(2)33-28(37)26(14-19-7-5-4-6-8-19)34(16-20-9-11-22(30)24(32)13-20)27(36)17-35(40(3,38)39)25-15-21(29)10-12-23(25)31/h4-13,15,18,26H,14,16-17H2,1-3H3,(H,33,37)/t26-/m0/s1. The van der Waals surface area contributed by atoms with E-state index < -0.39 is 28.5 Å². The van der Waals surface area contributed by atoms with Crippen molar-refractivity contribution in [3.63, 3.8) is 0 Å². The van der Waals surface area contributed by atoms with Crippen LogP contribution in [-0.4, -0.2) is 50.0 Å². The van der Waals surface area contributed by atoms with Gasteiger partial charge in [-0.25, -0.2) is 8.42 Å². The molecule has 214 valence electrons. The Morgan fingerprint density at radius 1 is 0.850 bits per heavy atom. The van der Waals surface area contributed by atoms with Crippen molar-refractivity contribution in [3.8, 4) is 0 Å². The summed E-state index contributed by atoms with van der Waals surface area (Å²) in [6, 6.07) is 17.3. The van der Waals surface area contributed by atoms with Gasteiger partial charge in [0.1, 0.15) is 12.6 Å². The molecule has 40 heavy (non-hydrogen) atoms. The minimum Gasteiger partial charge on any atom is -0.352 e. The van der Waals surface area contributed by atoms with Gasteiger partial charge in [-0.15, -0.1) is 0 Å². The molecular weight excluding hydrogens is 616 g/mol. The molecule has 3 rings (SSSR count). The van der Waals surface area contributed by atoms with Gasteiger partial charge in [0.25, 0.3) is 0 Å². The molecule has 0 aromatic heterocycles. The van der Waals surface area contributed by atoms with Gasteiger partial charge in [0.2, 0.25) is 21.8 Å². The SMILES string of the molecule is CC(C)NC(=O)[C@H](Cc1ccccc1)N(Cc1ccc(Cl)c(Cl)c1)C(=O)CN(c1cc(Cl)ccc1Cl)S(C)(=O)=O. The van der Waals surface area contributed by atoms with Crippen molar-refractivity contribution in [2.45, 2.75) is 38.9 Å². The third-order valence-corrected chi connectivity index (χ3v) is 8.32. The molecule has 0 radical (unpaired) electrons. The number of anilines is 1. The van der Waals surface area contributed by atoms with Crippen LogP contribution in [0.15, 0.2) is 66.7 Å². The maximum Gasteiger partial charge on any atom is 0.244 e. The molecule has 1 N–H and O–H groups in total. The molecule has 0 bridgehead atoms. The second-order valence-electron chi connectivity index (χ2n) is 9.50. The fourth-order valence-electron chi connectivity index (χ4n) is 4.04. The van der Waals surface area contributed by atoms with Gasteiger partial charge in [-0.3, -0.25) is 13.9 Å². The predicted molar refractivity (Wildman–Crippen MR) is 163 cm³/mol. The maximum absolute atomic E-state index is 14.1. The molecule has 0 heterocycles. The van der Waals surface area contributed by atoms with E-state index in [0.717, 1.165) is 16.1 Å². The van der Waals surface area contributed by atoms with Gasteiger partial charge in [-0.2, -0.15) is 0 Å². The van der Waals surface area contributed by atoms with Gasteiger partial charge >= 0.3 is 0 Å². The summed E-state index contributed by atoms with van der Waals surface area (Å²) in [7, 11) is -3.99. The molecule has 0 aliphatic rings. The highest BCUT2D eigenvalue weighted by molar-refractivity contribution is 7.92. The zero-order valence-electron chi connectivity index (χ0n) is 22.1.